The van der Waals surface area contributed by atoms with E-state index >= 15 is 0 Å². The molecule has 104 valence electrons. The summed E-state index contributed by atoms with van der Waals surface area (Å²) in [6, 6.07) is 8.55. The second-order valence-corrected chi connectivity index (χ2v) is 5.98. The molecule has 7 nitrogen and oxygen atoms in total. The number of carbonyl (C=O) groups excluding carboxylic acids is 1. The molecule has 19 heavy (non-hydrogen) atoms. The Bertz CT molecular complexity index is 546. The Hall–Kier alpha value is -1.64. The minimum absolute atomic E-state index is 0.264. The molecule has 1 aromatic carbocycles. The molecule has 0 spiro atoms. The molecule has 0 aliphatic carbocycles. The van der Waals surface area contributed by atoms with Crippen LogP contribution < -0.4 is 20.9 Å². The van der Waals surface area contributed by atoms with Crippen molar-refractivity contribution in [3.63, 3.8) is 0 Å². The van der Waals surface area contributed by atoms with Gasteiger partial charge in [0.25, 0.3) is 10.0 Å². The average molecular weight is 284 g/mol. The van der Waals surface area contributed by atoms with E-state index in [0.717, 1.165) is 0 Å². The number of hydrogen-bond donors (Lipinski definition) is 4. The van der Waals surface area contributed by atoms with Crippen molar-refractivity contribution < 1.29 is 13.2 Å². The lowest BCUT2D eigenvalue weighted by molar-refractivity contribution is -0.123. The summed E-state index contributed by atoms with van der Waals surface area (Å²) in [7, 11) is -2.22. The Kier molecular flexibility index (Phi) is 4.03. The van der Waals surface area contributed by atoms with E-state index in [2.05, 4.69) is 20.9 Å². The van der Waals surface area contributed by atoms with Crippen molar-refractivity contribution in [3.8, 4) is 0 Å². The molecule has 0 radical (unpaired) electrons. The van der Waals surface area contributed by atoms with Crippen molar-refractivity contribution in [2.45, 2.75) is 5.37 Å². The topological polar surface area (TPSA) is 99.3 Å². The maximum absolute atomic E-state index is 12.2. The first-order valence-electron chi connectivity index (χ1n) is 5.81. The number of nitrogens with one attached hydrogen (secondary N) is 4. The molecule has 0 bridgehead atoms. The normalized spacial score (nSPS) is 23.0. The van der Waals surface area contributed by atoms with Gasteiger partial charge in [-0.05, 0) is 12.1 Å². The second-order valence-electron chi connectivity index (χ2n) is 4.18. The van der Waals surface area contributed by atoms with Crippen molar-refractivity contribution in [1.82, 2.24) is 16.2 Å². The van der Waals surface area contributed by atoms with E-state index in [1.165, 1.54) is 7.05 Å². The van der Waals surface area contributed by atoms with Crippen LogP contribution in [0.1, 0.15) is 0 Å². The van der Waals surface area contributed by atoms with E-state index < -0.39 is 21.3 Å². The molecular weight excluding hydrogens is 268 g/mol. The van der Waals surface area contributed by atoms with Crippen LogP contribution in [0.4, 0.5) is 5.69 Å². The Morgan fingerprint density at radius 2 is 2.00 bits per heavy atom. The van der Waals surface area contributed by atoms with Gasteiger partial charge in [0.2, 0.25) is 5.91 Å². The van der Waals surface area contributed by atoms with Gasteiger partial charge < -0.3 is 5.32 Å². The molecule has 2 rings (SSSR count). The Morgan fingerprint density at radius 1 is 1.32 bits per heavy atom. The van der Waals surface area contributed by atoms with Gasteiger partial charge in [-0.2, -0.15) is 0 Å². The van der Waals surface area contributed by atoms with Gasteiger partial charge >= 0.3 is 0 Å². The predicted molar refractivity (Wildman–Crippen MR) is 71.5 cm³/mol. The van der Waals surface area contributed by atoms with Crippen LogP contribution in [-0.4, -0.2) is 33.3 Å². The molecule has 1 amide bonds. The molecule has 2 unspecified atom stereocenters. The number of amides is 1. The number of rotatable bonds is 4. The maximum Gasteiger partial charge on any atom is 0.250 e. The van der Waals surface area contributed by atoms with Crippen LogP contribution in [-0.2, 0) is 14.8 Å². The zero-order chi connectivity index (χ0) is 13.9. The lowest BCUT2D eigenvalue weighted by atomic mass is 10.1. The SMILES string of the molecule is CNC(=O)C1CNNC1S(=O)(=O)Nc1ccccc1. The molecule has 1 heterocycles. The third-order valence-corrected chi connectivity index (χ3v) is 4.52. The first-order chi connectivity index (χ1) is 9.04. The molecule has 0 aromatic heterocycles. The summed E-state index contributed by atoms with van der Waals surface area (Å²) in [6.45, 7) is 0.264. The molecule has 1 aliphatic heterocycles. The van der Waals surface area contributed by atoms with Crippen LogP contribution in [0.15, 0.2) is 30.3 Å². The molecule has 8 heteroatoms. The van der Waals surface area contributed by atoms with E-state index in [1.54, 1.807) is 30.3 Å². The number of hydrogen-bond acceptors (Lipinski definition) is 5. The van der Waals surface area contributed by atoms with Gasteiger partial charge in [-0.3, -0.25) is 14.9 Å². The van der Waals surface area contributed by atoms with E-state index in [0.29, 0.717) is 5.69 Å². The number of anilines is 1. The number of sulfonamides is 1. The van der Waals surface area contributed by atoms with E-state index in [1.807, 2.05) is 0 Å². The fraction of sp³-hybridized carbons (Fsp3) is 0.364. The Morgan fingerprint density at radius 3 is 2.63 bits per heavy atom. The predicted octanol–water partition coefficient (Wildman–Crippen LogP) is -0.776. The number of benzene rings is 1. The van der Waals surface area contributed by atoms with Gasteiger partial charge in [-0.1, -0.05) is 18.2 Å². The van der Waals surface area contributed by atoms with Gasteiger partial charge in [-0.25, -0.2) is 13.8 Å². The zero-order valence-corrected chi connectivity index (χ0v) is 11.2. The largest absolute Gasteiger partial charge is 0.359 e. The van der Waals surface area contributed by atoms with E-state index in [9.17, 15) is 13.2 Å². The Labute approximate surface area is 111 Å². The molecule has 2 atom stereocenters. The lowest BCUT2D eigenvalue weighted by Gasteiger charge is -2.18. The highest BCUT2D eigenvalue weighted by molar-refractivity contribution is 7.93. The third kappa shape index (κ3) is 3.03. The standard InChI is InChI=1S/C11H16N4O3S/c1-12-10(16)9-7-13-14-11(9)19(17,18)15-8-5-3-2-4-6-8/h2-6,9,11,13-15H,7H2,1H3,(H,12,16). The molecule has 0 saturated carbocycles. The van der Waals surface area contributed by atoms with Crippen molar-refractivity contribution in [1.29, 1.82) is 0 Å². The fourth-order valence-corrected chi connectivity index (χ4v) is 3.40. The van der Waals surface area contributed by atoms with Gasteiger partial charge in [0.05, 0.1) is 5.92 Å². The van der Waals surface area contributed by atoms with Crippen molar-refractivity contribution >= 4 is 21.6 Å². The summed E-state index contributed by atoms with van der Waals surface area (Å²) in [5.74, 6) is -0.993. The molecule has 1 aromatic rings. The van der Waals surface area contributed by atoms with E-state index in [-0.39, 0.29) is 12.5 Å². The lowest BCUT2D eigenvalue weighted by Crippen LogP contribution is -2.45. The van der Waals surface area contributed by atoms with Gasteiger partial charge in [0.15, 0.2) is 5.37 Å². The highest BCUT2D eigenvalue weighted by Crippen LogP contribution is 2.17. The average Bonchev–Trinajstić information content (AvgIpc) is 2.88. The zero-order valence-electron chi connectivity index (χ0n) is 10.4. The third-order valence-electron chi connectivity index (χ3n) is 2.88. The van der Waals surface area contributed by atoms with Gasteiger partial charge in [0.1, 0.15) is 0 Å². The minimum atomic E-state index is -3.70. The second kappa shape index (κ2) is 5.55. The minimum Gasteiger partial charge on any atom is -0.359 e. The van der Waals surface area contributed by atoms with Crippen LogP contribution in [0.3, 0.4) is 0 Å². The molecule has 1 saturated heterocycles. The van der Waals surface area contributed by atoms with Crippen LogP contribution in [0.5, 0.6) is 0 Å². The summed E-state index contributed by atoms with van der Waals surface area (Å²) >= 11 is 0. The molecule has 1 aliphatic rings. The monoisotopic (exact) mass is 284 g/mol. The first kappa shape index (κ1) is 13.8. The molecular formula is C11H16N4O3S. The summed E-state index contributed by atoms with van der Waals surface area (Å²) in [6.07, 6.45) is 0. The van der Waals surface area contributed by atoms with Crippen LogP contribution in [0.25, 0.3) is 0 Å². The number of carbonyl (C=O) groups is 1. The smallest absolute Gasteiger partial charge is 0.250 e. The first-order valence-corrected chi connectivity index (χ1v) is 7.36. The van der Waals surface area contributed by atoms with Crippen molar-refractivity contribution in [3.05, 3.63) is 30.3 Å². The Balaban J connectivity index is 2.17. The number of hydrazine groups is 1. The molecule has 4 N–H and O–H groups in total. The van der Waals surface area contributed by atoms with Crippen molar-refractivity contribution in [2.75, 3.05) is 18.3 Å². The van der Waals surface area contributed by atoms with Gasteiger partial charge in [0, 0.05) is 19.3 Å². The maximum atomic E-state index is 12.2. The fourth-order valence-electron chi connectivity index (χ4n) is 1.92. The summed E-state index contributed by atoms with van der Waals surface area (Å²) < 4.78 is 26.9. The van der Waals surface area contributed by atoms with Crippen molar-refractivity contribution in [2.24, 2.45) is 5.92 Å². The summed E-state index contributed by atoms with van der Waals surface area (Å²) in [5.41, 5.74) is 5.79. The van der Waals surface area contributed by atoms with Crippen LogP contribution in [0, 0.1) is 5.92 Å². The number of para-hydroxylation sites is 1. The van der Waals surface area contributed by atoms with Gasteiger partial charge in [-0.15, -0.1) is 0 Å². The van der Waals surface area contributed by atoms with Crippen LogP contribution >= 0.6 is 0 Å². The highest BCUT2D eigenvalue weighted by atomic mass is 32.2. The summed E-state index contributed by atoms with van der Waals surface area (Å²) in [5, 5.41) is 1.45. The van der Waals surface area contributed by atoms with E-state index in [4.69, 9.17) is 0 Å². The quantitative estimate of drug-likeness (QED) is 0.581. The van der Waals surface area contributed by atoms with Crippen LogP contribution in [0.2, 0.25) is 0 Å². The molecule has 1 fully saturated rings. The summed E-state index contributed by atoms with van der Waals surface area (Å²) in [4.78, 5) is 11.6. The highest BCUT2D eigenvalue weighted by Gasteiger charge is 2.41.